The molecule has 0 aliphatic carbocycles. The Kier molecular flexibility index (Phi) is 11.0. The number of aliphatic imine (C=N–C) groups is 1. The van der Waals surface area contributed by atoms with E-state index in [0.29, 0.717) is 36.8 Å². The fourth-order valence-electron chi connectivity index (χ4n) is 3.55. The number of carbonyl (C=O) groups excluding carboxylic acids is 1. The Morgan fingerprint density at radius 2 is 2.00 bits per heavy atom. The van der Waals surface area contributed by atoms with Crippen molar-refractivity contribution in [2.24, 2.45) is 16.8 Å². The van der Waals surface area contributed by atoms with E-state index in [9.17, 15) is 13.2 Å². The Hall–Kier alpha value is -0.920. The van der Waals surface area contributed by atoms with Crippen LogP contribution in [0.5, 0.6) is 0 Å². The van der Waals surface area contributed by atoms with Crippen LogP contribution in [0.25, 0.3) is 0 Å². The van der Waals surface area contributed by atoms with Gasteiger partial charge in [0.1, 0.15) is 4.21 Å². The molecule has 0 bridgehead atoms. The number of halogens is 1. The molecule has 30 heavy (non-hydrogen) atoms. The van der Waals surface area contributed by atoms with Crippen LogP contribution < -0.4 is 5.32 Å². The van der Waals surface area contributed by atoms with Gasteiger partial charge in [-0.3, -0.25) is 9.79 Å². The summed E-state index contributed by atoms with van der Waals surface area (Å²) in [5, 5.41) is 3.32. The number of likely N-dealkylation sites (tertiary alicyclic amines) is 1. The molecular formula is C19H33IN4O4S2. The lowest BCUT2D eigenvalue weighted by Crippen LogP contribution is -2.41. The van der Waals surface area contributed by atoms with Gasteiger partial charge in [0, 0.05) is 44.6 Å². The van der Waals surface area contributed by atoms with E-state index in [1.54, 1.807) is 13.1 Å². The molecule has 2 rings (SSSR count). The van der Waals surface area contributed by atoms with Crippen molar-refractivity contribution in [2.45, 2.75) is 31.4 Å². The number of nitrogens with zero attached hydrogens (tertiary/aromatic N) is 3. The molecule has 0 spiro atoms. The van der Waals surface area contributed by atoms with Gasteiger partial charge in [0.15, 0.2) is 5.96 Å². The Bertz CT molecular complexity index is 824. The largest absolute Gasteiger partial charge is 0.469 e. The molecule has 0 radical (unpaired) electrons. The standard InChI is InChI=1S/C19H32N4O4S2.HI/c1-6-23(7-2)29(25,26)17-9-8-15(28-17)10-11-21-19(20-4)22-12-14(3)16(13-22)18(24)27-5;/h8-9,14,16H,6-7,10-13H2,1-5H3,(H,20,21);1H. The van der Waals surface area contributed by atoms with Crippen LogP contribution in [0.4, 0.5) is 0 Å². The molecule has 1 N–H and O–H groups in total. The summed E-state index contributed by atoms with van der Waals surface area (Å²) in [6.45, 7) is 8.60. The highest BCUT2D eigenvalue weighted by Crippen LogP contribution is 2.26. The average Bonchev–Trinajstić information content (AvgIpc) is 3.32. The maximum atomic E-state index is 12.6. The zero-order chi connectivity index (χ0) is 21.6. The summed E-state index contributed by atoms with van der Waals surface area (Å²) < 4.78 is 32.0. The number of guanidine groups is 1. The monoisotopic (exact) mass is 572 g/mol. The van der Waals surface area contributed by atoms with Crippen LogP contribution in [0.2, 0.25) is 0 Å². The van der Waals surface area contributed by atoms with Crippen LogP contribution in [0.15, 0.2) is 21.3 Å². The number of ether oxygens (including phenoxy) is 1. The maximum absolute atomic E-state index is 12.6. The van der Waals surface area contributed by atoms with Crippen LogP contribution in [0.1, 0.15) is 25.6 Å². The van der Waals surface area contributed by atoms with Crippen molar-refractivity contribution in [1.82, 2.24) is 14.5 Å². The quantitative estimate of drug-likeness (QED) is 0.223. The Balaban J connectivity index is 0.00000450. The first-order valence-electron chi connectivity index (χ1n) is 9.90. The maximum Gasteiger partial charge on any atom is 0.310 e. The predicted octanol–water partition coefficient (Wildman–Crippen LogP) is 2.26. The van der Waals surface area contributed by atoms with Gasteiger partial charge >= 0.3 is 5.97 Å². The summed E-state index contributed by atoms with van der Waals surface area (Å²) in [4.78, 5) is 19.3. The summed E-state index contributed by atoms with van der Waals surface area (Å²) in [5.74, 6) is 0.613. The molecule has 1 aliphatic rings. The van der Waals surface area contributed by atoms with Crippen LogP contribution in [-0.2, 0) is 26.0 Å². The van der Waals surface area contributed by atoms with Gasteiger partial charge in [0.2, 0.25) is 0 Å². The number of sulfonamides is 1. The van der Waals surface area contributed by atoms with Gasteiger partial charge in [0.25, 0.3) is 10.0 Å². The summed E-state index contributed by atoms with van der Waals surface area (Å²) in [7, 11) is -0.269. The molecule has 2 heterocycles. The van der Waals surface area contributed by atoms with Crippen molar-refractivity contribution in [3.8, 4) is 0 Å². The van der Waals surface area contributed by atoms with Crippen molar-refractivity contribution in [1.29, 1.82) is 0 Å². The molecule has 2 atom stereocenters. The van der Waals surface area contributed by atoms with Gasteiger partial charge in [-0.05, 0) is 24.5 Å². The molecule has 1 aromatic rings. The highest BCUT2D eigenvalue weighted by atomic mass is 127. The number of esters is 1. The minimum atomic E-state index is -3.41. The number of carbonyl (C=O) groups is 1. The number of nitrogens with one attached hydrogen (secondary N) is 1. The first-order chi connectivity index (χ1) is 13.8. The van der Waals surface area contributed by atoms with Gasteiger partial charge in [-0.15, -0.1) is 35.3 Å². The molecule has 2 unspecified atom stereocenters. The number of hydrogen-bond acceptors (Lipinski definition) is 6. The minimum absolute atomic E-state index is 0. The van der Waals surface area contributed by atoms with E-state index in [-0.39, 0.29) is 41.8 Å². The Morgan fingerprint density at radius 3 is 2.57 bits per heavy atom. The van der Waals surface area contributed by atoms with Crippen molar-refractivity contribution in [3.05, 3.63) is 17.0 Å². The minimum Gasteiger partial charge on any atom is -0.469 e. The molecule has 0 amide bonds. The normalized spacial score (nSPS) is 19.7. The van der Waals surface area contributed by atoms with Crippen molar-refractivity contribution in [3.63, 3.8) is 0 Å². The molecule has 1 saturated heterocycles. The lowest BCUT2D eigenvalue weighted by molar-refractivity contribution is -0.145. The van der Waals surface area contributed by atoms with Crippen molar-refractivity contribution < 1.29 is 17.9 Å². The Labute approximate surface area is 201 Å². The van der Waals surface area contributed by atoms with E-state index in [4.69, 9.17) is 4.74 Å². The fraction of sp³-hybridized carbons (Fsp3) is 0.684. The van der Waals surface area contributed by atoms with Gasteiger partial charge in [0.05, 0.1) is 13.0 Å². The number of thiophene rings is 1. The Morgan fingerprint density at radius 1 is 1.33 bits per heavy atom. The molecule has 0 aromatic carbocycles. The van der Waals surface area contributed by atoms with Gasteiger partial charge in [-0.2, -0.15) is 4.31 Å². The van der Waals surface area contributed by atoms with E-state index >= 15 is 0 Å². The zero-order valence-corrected chi connectivity index (χ0v) is 22.2. The van der Waals surface area contributed by atoms with Crippen molar-refractivity contribution in [2.75, 3.05) is 46.9 Å². The number of methoxy groups -OCH3 is 1. The second-order valence-corrected chi connectivity index (χ2v) is 10.4. The molecule has 172 valence electrons. The SMILES string of the molecule is CCN(CC)S(=O)(=O)c1ccc(CCNC(=NC)N2CC(C)C(C(=O)OC)C2)s1.I. The number of hydrogen-bond donors (Lipinski definition) is 1. The summed E-state index contributed by atoms with van der Waals surface area (Å²) >= 11 is 1.31. The highest BCUT2D eigenvalue weighted by Gasteiger charge is 2.36. The van der Waals surface area contributed by atoms with Crippen molar-refractivity contribution >= 4 is 57.3 Å². The van der Waals surface area contributed by atoms with Gasteiger partial charge < -0.3 is 15.0 Å². The lowest BCUT2D eigenvalue weighted by Gasteiger charge is -2.21. The average molecular weight is 573 g/mol. The molecule has 0 saturated carbocycles. The third-order valence-electron chi connectivity index (χ3n) is 5.22. The van der Waals surface area contributed by atoms with E-state index in [2.05, 4.69) is 15.2 Å². The van der Waals surface area contributed by atoms with Crippen LogP contribution in [0.3, 0.4) is 0 Å². The van der Waals surface area contributed by atoms with E-state index < -0.39 is 10.0 Å². The van der Waals surface area contributed by atoms with Gasteiger partial charge in [-0.1, -0.05) is 20.8 Å². The molecule has 11 heteroatoms. The van der Waals surface area contributed by atoms with E-state index in [1.807, 2.05) is 26.8 Å². The smallest absolute Gasteiger partial charge is 0.310 e. The highest BCUT2D eigenvalue weighted by molar-refractivity contribution is 14.0. The van der Waals surface area contributed by atoms with Crippen LogP contribution in [0, 0.1) is 11.8 Å². The first kappa shape index (κ1) is 27.1. The third-order valence-corrected chi connectivity index (χ3v) is 8.88. The van der Waals surface area contributed by atoms with Crippen LogP contribution in [-0.4, -0.2) is 76.4 Å². The molecule has 1 aromatic heterocycles. The molecule has 1 fully saturated rings. The third kappa shape index (κ3) is 6.30. The topological polar surface area (TPSA) is 91.3 Å². The summed E-state index contributed by atoms with van der Waals surface area (Å²) in [6.07, 6.45) is 0.696. The molecule has 8 nitrogen and oxygen atoms in total. The second-order valence-electron chi connectivity index (χ2n) is 7.05. The molecular weight excluding hydrogens is 539 g/mol. The van der Waals surface area contributed by atoms with E-state index in [0.717, 1.165) is 17.4 Å². The van der Waals surface area contributed by atoms with E-state index in [1.165, 1.54) is 22.8 Å². The second kappa shape index (κ2) is 12.2. The zero-order valence-electron chi connectivity index (χ0n) is 18.3. The fourth-order valence-corrected chi connectivity index (χ4v) is 6.52. The molecule has 1 aliphatic heterocycles. The van der Waals surface area contributed by atoms with Gasteiger partial charge in [-0.25, -0.2) is 8.42 Å². The summed E-state index contributed by atoms with van der Waals surface area (Å²) in [5.41, 5.74) is 0. The lowest BCUT2D eigenvalue weighted by atomic mass is 9.99. The first-order valence-corrected chi connectivity index (χ1v) is 12.2. The summed E-state index contributed by atoms with van der Waals surface area (Å²) in [6, 6.07) is 3.56. The van der Waals surface area contributed by atoms with Crippen LogP contribution >= 0.6 is 35.3 Å². The predicted molar refractivity (Wildman–Crippen MR) is 131 cm³/mol. The number of rotatable bonds is 8.